The van der Waals surface area contributed by atoms with Crippen LogP contribution in [-0.4, -0.2) is 24.9 Å². The Morgan fingerprint density at radius 3 is 2.48 bits per heavy atom. The number of benzene rings is 2. The predicted molar refractivity (Wildman–Crippen MR) is 92.3 cm³/mol. The van der Waals surface area contributed by atoms with Crippen LogP contribution in [0.5, 0.6) is 0 Å². The molecule has 0 aliphatic heterocycles. The number of carbonyl (C=O) groups excluding carboxylic acids is 2. The third-order valence-corrected chi connectivity index (χ3v) is 3.65. The van der Waals surface area contributed by atoms with Crippen molar-refractivity contribution in [3.05, 3.63) is 65.5 Å². The molecule has 0 aliphatic rings. The van der Waals surface area contributed by atoms with Crippen molar-refractivity contribution in [2.75, 3.05) is 18.0 Å². The Kier molecular flexibility index (Phi) is 6.24. The standard InChI is InChI=1S/C19H18FN3O2/c1-14(24)23(18-5-3-2-4-16(18)12-21)13-19(25)22-11-10-15-6-8-17(20)9-7-15/h2-9H,10-11,13H2,1H3,(H,22,25). The zero-order chi connectivity index (χ0) is 18.2. The summed E-state index contributed by atoms with van der Waals surface area (Å²) in [6, 6.07) is 14.7. The fourth-order valence-corrected chi connectivity index (χ4v) is 2.37. The maximum Gasteiger partial charge on any atom is 0.240 e. The third kappa shape index (κ3) is 5.15. The Balaban J connectivity index is 1.95. The van der Waals surface area contributed by atoms with Gasteiger partial charge in [-0.3, -0.25) is 9.59 Å². The summed E-state index contributed by atoms with van der Waals surface area (Å²) >= 11 is 0. The third-order valence-electron chi connectivity index (χ3n) is 3.65. The van der Waals surface area contributed by atoms with Gasteiger partial charge in [-0.2, -0.15) is 5.26 Å². The zero-order valence-electron chi connectivity index (χ0n) is 13.8. The van der Waals surface area contributed by atoms with Crippen molar-refractivity contribution in [2.45, 2.75) is 13.3 Å². The van der Waals surface area contributed by atoms with E-state index in [4.69, 9.17) is 5.26 Å². The molecule has 0 fully saturated rings. The van der Waals surface area contributed by atoms with E-state index in [9.17, 15) is 14.0 Å². The number of hydrogen-bond donors (Lipinski definition) is 1. The van der Waals surface area contributed by atoms with E-state index >= 15 is 0 Å². The molecule has 2 amide bonds. The van der Waals surface area contributed by atoms with E-state index in [-0.39, 0.29) is 24.2 Å². The molecule has 2 aromatic rings. The van der Waals surface area contributed by atoms with Crippen LogP contribution in [0.4, 0.5) is 10.1 Å². The van der Waals surface area contributed by atoms with Gasteiger partial charge in [0.25, 0.3) is 0 Å². The van der Waals surface area contributed by atoms with Crippen LogP contribution in [-0.2, 0) is 16.0 Å². The highest BCUT2D eigenvalue weighted by atomic mass is 19.1. The van der Waals surface area contributed by atoms with Gasteiger partial charge in [0.1, 0.15) is 18.4 Å². The molecule has 0 radical (unpaired) electrons. The number of amides is 2. The number of nitrogens with one attached hydrogen (secondary N) is 1. The van der Waals surface area contributed by atoms with E-state index in [1.807, 2.05) is 6.07 Å². The molecule has 2 aromatic carbocycles. The van der Waals surface area contributed by atoms with Gasteiger partial charge in [0.15, 0.2) is 0 Å². The number of nitriles is 1. The molecule has 6 heteroatoms. The molecule has 128 valence electrons. The number of hydrogen-bond acceptors (Lipinski definition) is 3. The van der Waals surface area contributed by atoms with E-state index in [0.29, 0.717) is 24.2 Å². The van der Waals surface area contributed by atoms with Gasteiger partial charge in [0.2, 0.25) is 11.8 Å². The first-order chi connectivity index (χ1) is 12.0. The molecule has 25 heavy (non-hydrogen) atoms. The number of nitrogens with zero attached hydrogens (tertiary/aromatic N) is 2. The van der Waals surface area contributed by atoms with Crippen LogP contribution < -0.4 is 10.2 Å². The van der Waals surface area contributed by atoms with Crippen molar-refractivity contribution in [2.24, 2.45) is 0 Å². The van der Waals surface area contributed by atoms with Crippen LogP contribution in [0.25, 0.3) is 0 Å². The fourth-order valence-electron chi connectivity index (χ4n) is 2.37. The van der Waals surface area contributed by atoms with Crippen molar-refractivity contribution in [3.63, 3.8) is 0 Å². The average molecular weight is 339 g/mol. The zero-order valence-corrected chi connectivity index (χ0v) is 13.8. The van der Waals surface area contributed by atoms with Crippen LogP contribution >= 0.6 is 0 Å². The van der Waals surface area contributed by atoms with Gasteiger partial charge in [0.05, 0.1) is 11.3 Å². The van der Waals surface area contributed by atoms with Gasteiger partial charge in [-0.1, -0.05) is 24.3 Å². The second-order valence-electron chi connectivity index (χ2n) is 5.46. The minimum atomic E-state index is -0.329. The number of rotatable bonds is 6. The van der Waals surface area contributed by atoms with Crippen molar-refractivity contribution >= 4 is 17.5 Å². The molecule has 2 rings (SSSR count). The molecule has 0 saturated carbocycles. The first-order valence-corrected chi connectivity index (χ1v) is 7.79. The number of carbonyl (C=O) groups is 2. The molecule has 0 aromatic heterocycles. The largest absolute Gasteiger partial charge is 0.354 e. The maximum absolute atomic E-state index is 12.8. The first kappa shape index (κ1) is 18.1. The lowest BCUT2D eigenvalue weighted by Crippen LogP contribution is -2.40. The molecule has 0 atom stereocenters. The number of para-hydroxylation sites is 1. The molecule has 0 spiro atoms. The molecule has 0 heterocycles. The van der Waals surface area contributed by atoms with Crippen molar-refractivity contribution in [1.29, 1.82) is 5.26 Å². The van der Waals surface area contributed by atoms with E-state index in [1.54, 1.807) is 36.4 Å². The van der Waals surface area contributed by atoms with Gasteiger partial charge >= 0.3 is 0 Å². The van der Waals surface area contributed by atoms with Crippen LogP contribution in [0.3, 0.4) is 0 Å². The van der Waals surface area contributed by atoms with Crippen LogP contribution in [0, 0.1) is 17.1 Å². The minimum Gasteiger partial charge on any atom is -0.354 e. The molecule has 0 unspecified atom stereocenters. The quantitative estimate of drug-likeness (QED) is 0.878. The van der Waals surface area contributed by atoms with Crippen LogP contribution in [0.1, 0.15) is 18.1 Å². The summed E-state index contributed by atoms with van der Waals surface area (Å²) in [5, 5.41) is 11.9. The lowest BCUT2D eigenvalue weighted by atomic mass is 10.1. The van der Waals surface area contributed by atoms with Gasteiger partial charge in [-0.15, -0.1) is 0 Å². The molecule has 1 N–H and O–H groups in total. The predicted octanol–water partition coefficient (Wildman–Crippen LogP) is 2.41. The minimum absolute atomic E-state index is 0.169. The highest BCUT2D eigenvalue weighted by molar-refractivity contribution is 5.98. The molecule has 0 bridgehead atoms. The highest BCUT2D eigenvalue weighted by Crippen LogP contribution is 2.19. The monoisotopic (exact) mass is 339 g/mol. The molecule has 0 saturated heterocycles. The van der Waals surface area contributed by atoms with Gasteiger partial charge in [-0.25, -0.2) is 4.39 Å². The van der Waals surface area contributed by atoms with Crippen molar-refractivity contribution in [3.8, 4) is 6.07 Å². The van der Waals surface area contributed by atoms with Crippen molar-refractivity contribution in [1.82, 2.24) is 5.32 Å². The summed E-state index contributed by atoms with van der Waals surface area (Å²) < 4.78 is 12.8. The Morgan fingerprint density at radius 1 is 1.16 bits per heavy atom. The van der Waals surface area contributed by atoms with Crippen molar-refractivity contribution < 1.29 is 14.0 Å². The highest BCUT2D eigenvalue weighted by Gasteiger charge is 2.18. The molecular formula is C19H18FN3O2. The average Bonchev–Trinajstić information content (AvgIpc) is 2.61. The second kappa shape index (κ2) is 8.60. The van der Waals surface area contributed by atoms with Gasteiger partial charge < -0.3 is 10.2 Å². The second-order valence-corrected chi connectivity index (χ2v) is 5.46. The van der Waals surface area contributed by atoms with E-state index in [0.717, 1.165) is 5.56 Å². The van der Waals surface area contributed by atoms with E-state index < -0.39 is 0 Å². The maximum atomic E-state index is 12.8. The smallest absolute Gasteiger partial charge is 0.240 e. The number of halogens is 1. The summed E-state index contributed by atoms with van der Waals surface area (Å²) in [5.74, 6) is -0.956. The lowest BCUT2D eigenvalue weighted by molar-refractivity contribution is -0.123. The first-order valence-electron chi connectivity index (χ1n) is 7.79. The molecular weight excluding hydrogens is 321 g/mol. The summed E-state index contributed by atoms with van der Waals surface area (Å²) in [6.07, 6.45) is 0.556. The summed E-state index contributed by atoms with van der Waals surface area (Å²) in [6.45, 7) is 1.55. The summed E-state index contributed by atoms with van der Waals surface area (Å²) in [4.78, 5) is 25.3. The van der Waals surface area contributed by atoms with Crippen LogP contribution in [0.15, 0.2) is 48.5 Å². The van der Waals surface area contributed by atoms with Gasteiger partial charge in [-0.05, 0) is 36.2 Å². The Morgan fingerprint density at radius 2 is 1.84 bits per heavy atom. The van der Waals surface area contributed by atoms with E-state index in [1.165, 1.54) is 24.0 Å². The summed E-state index contributed by atoms with van der Waals surface area (Å²) in [5.41, 5.74) is 1.64. The van der Waals surface area contributed by atoms with Crippen LogP contribution in [0.2, 0.25) is 0 Å². The summed E-state index contributed by atoms with van der Waals surface area (Å²) in [7, 11) is 0. The molecule has 0 aliphatic carbocycles. The van der Waals surface area contributed by atoms with E-state index in [2.05, 4.69) is 5.32 Å². The SMILES string of the molecule is CC(=O)N(CC(=O)NCCc1ccc(F)cc1)c1ccccc1C#N. The Hall–Kier alpha value is -3.20. The fraction of sp³-hybridized carbons (Fsp3) is 0.211. The topological polar surface area (TPSA) is 73.2 Å². The lowest BCUT2D eigenvalue weighted by Gasteiger charge is -2.21. The Labute approximate surface area is 145 Å². The number of anilines is 1. The Bertz CT molecular complexity index is 797. The normalized spacial score (nSPS) is 9.96. The molecule has 5 nitrogen and oxygen atoms in total. The van der Waals surface area contributed by atoms with Gasteiger partial charge in [0, 0.05) is 13.5 Å².